The van der Waals surface area contributed by atoms with E-state index in [0.29, 0.717) is 56.5 Å². The van der Waals surface area contributed by atoms with Crippen molar-refractivity contribution in [1.29, 1.82) is 0 Å². The highest BCUT2D eigenvalue weighted by Gasteiger charge is 2.51. The van der Waals surface area contributed by atoms with Gasteiger partial charge in [-0.05, 0) is 105 Å². The summed E-state index contributed by atoms with van der Waals surface area (Å²) in [6.45, 7) is 8.40. The lowest BCUT2D eigenvalue weighted by molar-refractivity contribution is -0.119. The minimum Gasteiger partial charge on any atom is -0.490 e. The summed E-state index contributed by atoms with van der Waals surface area (Å²) in [6, 6.07) is 11.2. The third-order valence-corrected chi connectivity index (χ3v) is 16.2. The average molecular weight is 801 g/mol. The topological polar surface area (TPSA) is 91.4 Å². The molecule has 3 fully saturated rings. The molecule has 0 unspecified atom stereocenters. The molecule has 8 rings (SSSR count). The molecule has 55 heavy (non-hydrogen) atoms. The lowest BCUT2D eigenvalue weighted by atomic mass is 9.63. The van der Waals surface area contributed by atoms with Crippen molar-refractivity contribution in [1.82, 2.24) is 14.5 Å². The average Bonchev–Trinajstić information content (AvgIpc) is 3.28. The van der Waals surface area contributed by atoms with Crippen molar-refractivity contribution in [3.8, 4) is 5.75 Å². The lowest BCUT2D eigenvalue weighted by Crippen LogP contribution is -2.62. The summed E-state index contributed by atoms with van der Waals surface area (Å²) < 4.78 is 72.2. The number of piperidine rings is 1. The van der Waals surface area contributed by atoms with E-state index in [1.54, 1.807) is 32.2 Å². The Kier molecular flexibility index (Phi) is 10.6. The number of anilines is 1. The van der Waals surface area contributed by atoms with E-state index in [-0.39, 0.29) is 47.6 Å². The molecule has 7 atom stereocenters. The fourth-order valence-corrected chi connectivity index (χ4v) is 12.0. The van der Waals surface area contributed by atoms with Crippen LogP contribution < -0.4 is 14.4 Å². The predicted molar refractivity (Wildman–Crippen MR) is 211 cm³/mol. The number of piperazine rings is 1. The van der Waals surface area contributed by atoms with Crippen LogP contribution in [-0.2, 0) is 26.6 Å². The van der Waals surface area contributed by atoms with Crippen LogP contribution in [0.5, 0.6) is 5.75 Å². The summed E-state index contributed by atoms with van der Waals surface area (Å²) >= 11 is 6.49. The van der Waals surface area contributed by atoms with E-state index in [9.17, 15) is 22.0 Å². The van der Waals surface area contributed by atoms with Crippen LogP contribution in [0.4, 0.5) is 14.5 Å². The van der Waals surface area contributed by atoms with Gasteiger partial charge in [-0.2, -0.15) is 0 Å². The van der Waals surface area contributed by atoms with Crippen molar-refractivity contribution in [2.24, 2.45) is 17.8 Å². The highest BCUT2D eigenvalue weighted by molar-refractivity contribution is 7.90. The Balaban J connectivity index is 1.18. The van der Waals surface area contributed by atoms with Gasteiger partial charge >= 0.3 is 0 Å². The first-order chi connectivity index (χ1) is 26.2. The number of rotatable bonds is 3. The quantitative estimate of drug-likeness (QED) is 0.344. The smallest absolute Gasteiger partial charge is 0.264 e. The van der Waals surface area contributed by atoms with Gasteiger partial charge in [0, 0.05) is 87.8 Å². The van der Waals surface area contributed by atoms with E-state index in [4.69, 9.17) is 21.1 Å². The summed E-state index contributed by atoms with van der Waals surface area (Å²) in [5.41, 5.74) is 2.47. The Labute approximate surface area is 329 Å². The number of alkyl halides is 2. The Hall–Kier alpha value is -2.77. The number of nitrogens with zero attached hydrogens (tertiary/aromatic N) is 3. The molecule has 0 aromatic heterocycles. The fraction of sp³-hybridized carbons (Fsp3) is 0.643. The summed E-state index contributed by atoms with van der Waals surface area (Å²) in [6.07, 6.45) is 9.25. The molecular formula is C42H55ClF2N4O5S. The van der Waals surface area contributed by atoms with Crippen LogP contribution in [0.15, 0.2) is 48.6 Å². The van der Waals surface area contributed by atoms with Gasteiger partial charge < -0.3 is 14.4 Å². The van der Waals surface area contributed by atoms with Crippen LogP contribution in [-0.4, -0.2) is 106 Å². The van der Waals surface area contributed by atoms with Gasteiger partial charge in [-0.1, -0.05) is 36.7 Å². The molecule has 2 bridgehead atoms. The number of aryl methyl sites for hydroxylation is 1. The van der Waals surface area contributed by atoms with Crippen LogP contribution in [0, 0.1) is 17.8 Å². The summed E-state index contributed by atoms with van der Waals surface area (Å²) in [7, 11) is -2.26. The Bertz CT molecular complexity index is 1930. The standard InChI is InChI=1S/C42H55ClF2N4O5S/c1-28-6-4-15-41(53-3,26-47-18-19-48-17-16-42(44,45)22-34(48)24-47)36-11-8-32(36)23-49-25-40(14-5-7-30-20-33(43)10-12-35(30)40)27-54-38-13-9-31(21-37(38)49)39(50)46-55(51,52)29(28)2/h4,9-10,12-13,15,20-21,28-29,32,34,36H,5-8,11,14,16-19,22-27H2,1-3H3,(H,46,50)/b15-4+/t28-,29+,32-,34+,36+,40-,41+/m0/s1. The lowest BCUT2D eigenvalue weighted by Gasteiger charge is -2.53. The van der Waals surface area contributed by atoms with Gasteiger partial charge in [0.05, 0.1) is 17.5 Å². The number of carbonyl (C=O) groups is 1. The highest BCUT2D eigenvalue weighted by Crippen LogP contribution is 2.49. The first-order valence-corrected chi connectivity index (χ1v) is 22.1. The molecule has 2 aromatic carbocycles. The monoisotopic (exact) mass is 800 g/mol. The molecule has 4 heterocycles. The number of hydrogen-bond acceptors (Lipinski definition) is 8. The third kappa shape index (κ3) is 7.55. The molecule has 2 aliphatic carbocycles. The zero-order chi connectivity index (χ0) is 38.8. The maximum absolute atomic E-state index is 14.6. The van der Waals surface area contributed by atoms with Gasteiger partial charge in [-0.3, -0.25) is 14.6 Å². The second-order valence-electron chi connectivity index (χ2n) is 17.4. The second-order valence-corrected chi connectivity index (χ2v) is 19.9. The molecular weight excluding hydrogens is 746 g/mol. The van der Waals surface area contributed by atoms with Crippen molar-refractivity contribution in [3.05, 3.63) is 70.3 Å². The zero-order valence-electron chi connectivity index (χ0n) is 32.2. The molecule has 2 aromatic rings. The summed E-state index contributed by atoms with van der Waals surface area (Å²) in [5.74, 6) is -2.59. The van der Waals surface area contributed by atoms with Crippen molar-refractivity contribution < 1.29 is 31.5 Å². The predicted octanol–water partition coefficient (Wildman–Crippen LogP) is 6.68. The van der Waals surface area contributed by atoms with Gasteiger partial charge in [0.1, 0.15) is 11.4 Å². The molecule has 13 heteroatoms. The maximum atomic E-state index is 14.6. The normalized spacial score (nSPS) is 35.6. The molecule has 2 saturated heterocycles. The van der Waals surface area contributed by atoms with Crippen LogP contribution in [0.1, 0.15) is 80.3 Å². The number of amides is 1. The number of hydrogen-bond donors (Lipinski definition) is 1. The maximum Gasteiger partial charge on any atom is 0.264 e. The van der Waals surface area contributed by atoms with Gasteiger partial charge in [0.15, 0.2) is 0 Å². The minimum absolute atomic E-state index is 0.0826. The number of nitrogens with one attached hydrogen (secondary N) is 1. The molecule has 0 radical (unpaired) electrons. The van der Waals surface area contributed by atoms with Crippen LogP contribution in [0.3, 0.4) is 0 Å². The minimum atomic E-state index is -4.02. The molecule has 1 amide bonds. The van der Waals surface area contributed by atoms with Gasteiger partial charge in [0.25, 0.3) is 11.8 Å². The Morgan fingerprint density at radius 2 is 1.89 bits per heavy atom. The molecule has 9 nitrogen and oxygen atoms in total. The van der Waals surface area contributed by atoms with Crippen molar-refractivity contribution in [3.63, 3.8) is 0 Å². The number of halogens is 3. The number of methoxy groups -OCH3 is 1. The van der Waals surface area contributed by atoms with Crippen molar-refractivity contribution in [2.45, 2.75) is 93.4 Å². The molecule has 300 valence electrons. The van der Waals surface area contributed by atoms with E-state index in [1.807, 2.05) is 19.1 Å². The summed E-state index contributed by atoms with van der Waals surface area (Å²) in [5, 5.41) is -0.128. The Morgan fingerprint density at radius 1 is 1.05 bits per heavy atom. The van der Waals surface area contributed by atoms with Gasteiger partial charge in [-0.15, -0.1) is 0 Å². The summed E-state index contributed by atoms with van der Waals surface area (Å²) in [4.78, 5) is 20.6. The third-order valence-electron chi connectivity index (χ3n) is 14.1. The van der Waals surface area contributed by atoms with Crippen LogP contribution in [0.25, 0.3) is 0 Å². The van der Waals surface area contributed by atoms with Gasteiger partial charge in [0.2, 0.25) is 10.0 Å². The first-order valence-electron chi connectivity index (χ1n) is 20.1. The zero-order valence-corrected chi connectivity index (χ0v) is 33.8. The Morgan fingerprint density at radius 3 is 2.67 bits per heavy atom. The van der Waals surface area contributed by atoms with E-state index in [1.165, 1.54) is 11.1 Å². The van der Waals surface area contributed by atoms with E-state index in [2.05, 4.69) is 37.6 Å². The van der Waals surface area contributed by atoms with E-state index < -0.39 is 32.7 Å². The van der Waals surface area contributed by atoms with Crippen molar-refractivity contribution in [2.75, 3.05) is 64.4 Å². The number of ether oxygens (including phenoxy) is 2. The van der Waals surface area contributed by atoms with Crippen LogP contribution in [0.2, 0.25) is 5.02 Å². The number of allylic oxidation sites excluding steroid dienone is 1. The molecule has 1 saturated carbocycles. The molecule has 4 aliphatic heterocycles. The molecule has 6 aliphatic rings. The van der Waals surface area contributed by atoms with E-state index in [0.717, 1.165) is 50.9 Å². The number of carbonyl (C=O) groups excluding carboxylic acids is 1. The molecule has 1 spiro atoms. The van der Waals surface area contributed by atoms with Gasteiger partial charge in [-0.25, -0.2) is 21.9 Å². The number of benzene rings is 2. The number of fused-ring (bicyclic) bond motifs is 5. The van der Waals surface area contributed by atoms with Crippen LogP contribution >= 0.6 is 11.6 Å². The molecule has 1 N–H and O–H groups in total. The van der Waals surface area contributed by atoms with Crippen molar-refractivity contribution >= 4 is 33.2 Å². The fourth-order valence-electron chi connectivity index (χ4n) is 10.5. The number of sulfonamides is 1. The SMILES string of the molecule is CO[C@@]1(CN2CCN3CCC(F)(F)C[C@@H]3C2)/C=C/C[C@H](C)[C@@H](C)S(=O)(=O)NC(=O)c2ccc3c(c2)N(C[C@@H]2CC[C@H]21)C[C@@]1(CCCc2cc(Cl)ccc21)CO3. The largest absolute Gasteiger partial charge is 0.490 e. The first kappa shape index (κ1) is 39.1. The highest BCUT2D eigenvalue weighted by atomic mass is 35.5. The van der Waals surface area contributed by atoms with E-state index >= 15 is 0 Å². The second kappa shape index (κ2) is 14.9.